The number of rotatable bonds is 2. The normalized spacial score (nSPS) is 28.2. The Balaban J connectivity index is 3.09. The van der Waals surface area contributed by atoms with Gasteiger partial charge in [-0.05, 0) is 6.92 Å². The average molecular weight is 289 g/mol. The summed E-state index contributed by atoms with van der Waals surface area (Å²) in [4.78, 5) is 22.8. The van der Waals surface area contributed by atoms with Crippen molar-refractivity contribution in [2.75, 3.05) is 14.2 Å². The van der Waals surface area contributed by atoms with E-state index in [0.717, 1.165) is 0 Å². The second-order valence-electron chi connectivity index (χ2n) is 3.63. The summed E-state index contributed by atoms with van der Waals surface area (Å²) in [7, 11) is 2.62. The lowest BCUT2D eigenvalue weighted by Crippen LogP contribution is -2.30. The summed E-state index contributed by atoms with van der Waals surface area (Å²) in [5.74, 6) is -0.870. The first-order valence-corrected chi connectivity index (χ1v) is 5.59. The molecule has 88 valence electrons. The van der Waals surface area contributed by atoms with Gasteiger partial charge in [-0.1, -0.05) is 34.2 Å². The Morgan fingerprint density at radius 2 is 2.00 bits per heavy atom. The lowest BCUT2D eigenvalue weighted by molar-refractivity contribution is -0.146. The minimum absolute atomic E-state index is 0.238. The van der Waals surface area contributed by atoms with Gasteiger partial charge < -0.3 is 9.47 Å². The van der Waals surface area contributed by atoms with Crippen molar-refractivity contribution in [3.63, 3.8) is 0 Å². The Morgan fingerprint density at radius 3 is 2.50 bits per heavy atom. The predicted molar refractivity (Wildman–Crippen MR) is 62.1 cm³/mol. The number of carbonyl (C=O) groups excluding carboxylic acids is 2. The second-order valence-corrected chi connectivity index (χ2v) is 4.61. The van der Waals surface area contributed by atoms with E-state index in [2.05, 4.69) is 25.4 Å². The first kappa shape index (κ1) is 13.0. The monoisotopic (exact) mass is 288 g/mol. The molecule has 16 heavy (non-hydrogen) atoms. The van der Waals surface area contributed by atoms with Gasteiger partial charge in [0.05, 0.1) is 24.6 Å². The number of allylic oxidation sites excluding steroid dienone is 1. The highest BCUT2D eigenvalue weighted by Gasteiger charge is 2.35. The molecule has 0 bridgehead atoms. The first-order chi connectivity index (χ1) is 7.44. The Hall–Kier alpha value is -1.10. The average Bonchev–Trinajstić information content (AvgIpc) is 2.30. The molecule has 0 fully saturated rings. The molecule has 1 rings (SSSR count). The Labute approximate surface area is 102 Å². The molecule has 0 N–H and O–H groups in total. The van der Waals surface area contributed by atoms with Gasteiger partial charge in [0.15, 0.2) is 0 Å². The number of halogens is 1. The quantitative estimate of drug-likeness (QED) is 0.440. The Kier molecular flexibility index (Phi) is 3.91. The Bertz CT molecular complexity index is 372. The lowest BCUT2D eigenvalue weighted by atomic mass is 9.83. The van der Waals surface area contributed by atoms with Gasteiger partial charge in [-0.2, -0.15) is 0 Å². The van der Waals surface area contributed by atoms with Crippen LogP contribution in [0.1, 0.15) is 6.92 Å². The highest BCUT2D eigenvalue weighted by molar-refractivity contribution is 9.09. The van der Waals surface area contributed by atoms with Gasteiger partial charge in [0.2, 0.25) is 0 Å². The summed E-state index contributed by atoms with van der Waals surface area (Å²) >= 11 is 3.31. The highest BCUT2D eigenvalue weighted by atomic mass is 79.9. The standard InChI is InChI=1S/C11H13BrO4/c1-11(10(14)16-3)5-4-8(12)7(6-11)9(13)15-2/h4-6,8H,1-3H3. The molecule has 0 amide bonds. The maximum atomic E-state index is 11.6. The number of hydrogen-bond donors (Lipinski definition) is 0. The smallest absolute Gasteiger partial charge is 0.334 e. The van der Waals surface area contributed by atoms with Crippen molar-refractivity contribution in [2.24, 2.45) is 5.41 Å². The molecule has 2 unspecified atom stereocenters. The predicted octanol–water partition coefficient (Wildman–Crippen LogP) is 1.60. The minimum Gasteiger partial charge on any atom is -0.468 e. The summed E-state index contributed by atoms with van der Waals surface area (Å²) in [6.45, 7) is 1.68. The molecule has 0 aromatic heterocycles. The van der Waals surface area contributed by atoms with Crippen LogP contribution in [0.4, 0.5) is 0 Å². The molecular formula is C11H13BrO4. The van der Waals surface area contributed by atoms with Crippen LogP contribution < -0.4 is 0 Å². The fourth-order valence-corrected chi connectivity index (χ4v) is 1.95. The molecule has 1 aliphatic rings. The molecule has 0 aromatic carbocycles. The van der Waals surface area contributed by atoms with E-state index < -0.39 is 17.4 Å². The van der Waals surface area contributed by atoms with E-state index >= 15 is 0 Å². The van der Waals surface area contributed by atoms with Crippen LogP contribution in [0, 0.1) is 5.41 Å². The maximum Gasteiger partial charge on any atom is 0.334 e. The van der Waals surface area contributed by atoms with Crippen LogP contribution in [0.5, 0.6) is 0 Å². The van der Waals surface area contributed by atoms with Crippen LogP contribution in [-0.4, -0.2) is 31.0 Å². The zero-order valence-electron chi connectivity index (χ0n) is 9.32. The zero-order chi connectivity index (χ0) is 12.3. The minimum atomic E-state index is -0.914. The summed E-state index contributed by atoms with van der Waals surface area (Å²) in [6.07, 6.45) is 4.98. The maximum absolute atomic E-state index is 11.6. The van der Waals surface area contributed by atoms with Gasteiger partial charge in [-0.3, -0.25) is 4.79 Å². The van der Waals surface area contributed by atoms with Gasteiger partial charge in [-0.25, -0.2) is 4.79 Å². The molecule has 4 nitrogen and oxygen atoms in total. The highest BCUT2D eigenvalue weighted by Crippen LogP contribution is 2.32. The fraction of sp³-hybridized carbons (Fsp3) is 0.455. The van der Waals surface area contributed by atoms with E-state index in [1.807, 2.05) is 0 Å². The Morgan fingerprint density at radius 1 is 1.38 bits per heavy atom. The van der Waals surface area contributed by atoms with Crippen molar-refractivity contribution in [1.82, 2.24) is 0 Å². The van der Waals surface area contributed by atoms with Gasteiger partial charge in [0, 0.05) is 0 Å². The summed E-state index contributed by atoms with van der Waals surface area (Å²) in [6, 6.07) is 0. The zero-order valence-corrected chi connectivity index (χ0v) is 10.9. The third-order valence-corrected chi connectivity index (χ3v) is 3.21. The van der Waals surface area contributed by atoms with Gasteiger partial charge in [-0.15, -0.1) is 0 Å². The first-order valence-electron chi connectivity index (χ1n) is 4.67. The van der Waals surface area contributed by atoms with Crippen LogP contribution in [0.2, 0.25) is 0 Å². The number of alkyl halides is 1. The molecule has 0 heterocycles. The third kappa shape index (κ3) is 2.35. The van der Waals surface area contributed by atoms with Crippen molar-refractivity contribution in [1.29, 1.82) is 0 Å². The van der Waals surface area contributed by atoms with Crippen molar-refractivity contribution in [2.45, 2.75) is 11.8 Å². The summed E-state index contributed by atoms with van der Waals surface area (Å²) < 4.78 is 9.33. The molecular weight excluding hydrogens is 276 g/mol. The number of carbonyl (C=O) groups is 2. The van der Waals surface area contributed by atoms with E-state index in [1.165, 1.54) is 14.2 Å². The molecule has 2 atom stereocenters. The van der Waals surface area contributed by atoms with E-state index in [0.29, 0.717) is 5.57 Å². The van der Waals surface area contributed by atoms with E-state index in [4.69, 9.17) is 0 Å². The van der Waals surface area contributed by atoms with Crippen LogP contribution >= 0.6 is 15.9 Å². The SMILES string of the molecule is COC(=O)C1=CC(C)(C(=O)OC)C=CC1Br. The topological polar surface area (TPSA) is 52.6 Å². The van der Waals surface area contributed by atoms with Crippen LogP contribution in [0.25, 0.3) is 0 Å². The largest absolute Gasteiger partial charge is 0.468 e. The number of ether oxygens (including phenoxy) is 2. The molecule has 0 spiro atoms. The van der Waals surface area contributed by atoms with Crippen LogP contribution in [0.15, 0.2) is 23.8 Å². The molecule has 0 saturated heterocycles. The molecule has 0 aliphatic heterocycles. The van der Waals surface area contributed by atoms with Crippen molar-refractivity contribution < 1.29 is 19.1 Å². The van der Waals surface area contributed by atoms with Crippen molar-refractivity contribution >= 4 is 27.9 Å². The second kappa shape index (κ2) is 4.82. The number of esters is 2. The summed E-state index contributed by atoms with van der Waals surface area (Å²) in [5.41, 5.74) is -0.513. The number of hydrogen-bond acceptors (Lipinski definition) is 4. The third-order valence-electron chi connectivity index (χ3n) is 2.41. The van der Waals surface area contributed by atoms with E-state index in [9.17, 15) is 9.59 Å². The van der Waals surface area contributed by atoms with Gasteiger partial charge >= 0.3 is 11.9 Å². The summed E-state index contributed by atoms with van der Waals surface area (Å²) in [5, 5.41) is 0. The van der Waals surface area contributed by atoms with Crippen molar-refractivity contribution in [3.8, 4) is 0 Å². The van der Waals surface area contributed by atoms with Crippen LogP contribution in [-0.2, 0) is 19.1 Å². The number of methoxy groups -OCH3 is 2. The molecule has 5 heteroatoms. The van der Waals surface area contributed by atoms with Crippen LogP contribution in [0.3, 0.4) is 0 Å². The van der Waals surface area contributed by atoms with Gasteiger partial charge in [0.25, 0.3) is 0 Å². The van der Waals surface area contributed by atoms with Gasteiger partial charge in [0.1, 0.15) is 5.41 Å². The molecule has 0 saturated carbocycles. The van der Waals surface area contributed by atoms with E-state index in [1.54, 1.807) is 25.2 Å². The van der Waals surface area contributed by atoms with E-state index in [-0.39, 0.29) is 4.83 Å². The van der Waals surface area contributed by atoms with Crippen molar-refractivity contribution in [3.05, 3.63) is 23.8 Å². The lowest BCUT2D eigenvalue weighted by Gasteiger charge is -2.25. The molecule has 1 aliphatic carbocycles. The molecule has 0 aromatic rings. The fourth-order valence-electron chi connectivity index (χ4n) is 1.48. The molecule has 0 radical (unpaired) electrons.